The van der Waals surface area contributed by atoms with Gasteiger partial charge in [-0.2, -0.15) is 0 Å². The minimum atomic E-state index is -1.52. The second kappa shape index (κ2) is 23.6. The fourth-order valence-electron chi connectivity index (χ4n) is 6.80. The van der Waals surface area contributed by atoms with Gasteiger partial charge < -0.3 is 69.1 Å². The first-order valence-electron chi connectivity index (χ1n) is 20.4. The molecular weight excluding hydrogens is 792 g/mol. The van der Waals surface area contributed by atoms with Crippen LogP contribution in [0.3, 0.4) is 0 Å². The lowest BCUT2D eigenvalue weighted by atomic mass is 9.99. The van der Waals surface area contributed by atoms with Gasteiger partial charge in [-0.15, -0.1) is 0 Å². The summed E-state index contributed by atoms with van der Waals surface area (Å²) >= 11 is 0. The van der Waals surface area contributed by atoms with Crippen molar-refractivity contribution >= 4 is 5.91 Å². The fraction of sp³-hybridized carbons (Fsp3) is 0.444. The van der Waals surface area contributed by atoms with Crippen LogP contribution in [0, 0.1) is 0 Å². The van der Waals surface area contributed by atoms with Gasteiger partial charge in [-0.3, -0.25) is 10.1 Å². The molecule has 61 heavy (non-hydrogen) atoms. The Morgan fingerprint density at radius 1 is 0.623 bits per heavy atom. The first-order chi connectivity index (χ1) is 29.7. The number of ether oxygens (including phenoxy) is 7. The minimum absolute atomic E-state index is 0.201. The van der Waals surface area contributed by atoms with Crippen molar-refractivity contribution in [1.29, 1.82) is 0 Å². The molecule has 0 spiro atoms. The van der Waals surface area contributed by atoms with E-state index in [1.807, 2.05) is 78.9 Å². The molecule has 0 bridgehead atoms. The summed E-state index contributed by atoms with van der Waals surface area (Å²) in [6.45, 7) is 2.51. The molecule has 0 aliphatic carbocycles. The van der Waals surface area contributed by atoms with E-state index in [0.29, 0.717) is 82.8 Å². The van der Waals surface area contributed by atoms with Crippen molar-refractivity contribution in [2.24, 2.45) is 0 Å². The predicted octanol–water partition coefficient (Wildman–Crippen LogP) is 1.96. The SMILES string of the molecule is O=C(NCCOCCOCCNCOCc1cccc(-c2ccc(O[C@H]3O[C@H](CO)[C@@H](O)[C@H](O)[C@@H]3O)cc2)c1)c1cccc(-c2ccc(O[C@@H]3CC[C@H](O)[C@@H](CO)O3)cc2)c1. The number of nitrogens with one attached hydrogen (secondary N) is 2. The summed E-state index contributed by atoms with van der Waals surface area (Å²) < 4.78 is 39.7. The van der Waals surface area contributed by atoms with E-state index in [1.54, 1.807) is 18.2 Å². The monoisotopic (exact) mass is 848 g/mol. The third-order valence-corrected chi connectivity index (χ3v) is 10.2. The van der Waals surface area contributed by atoms with Gasteiger partial charge in [0.15, 0.2) is 6.29 Å². The highest BCUT2D eigenvalue weighted by Gasteiger charge is 2.44. The maximum absolute atomic E-state index is 12.8. The summed E-state index contributed by atoms with van der Waals surface area (Å²) in [5, 5.41) is 65.0. The molecule has 1 amide bonds. The van der Waals surface area contributed by atoms with E-state index in [-0.39, 0.29) is 12.5 Å². The van der Waals surface area contributed by atoms with Gasteiger partial charge in [-0.25, -0.2) is 0 Å². The van der Waals surface area contributed by atoms with Crippen molar-refractivity contribution in [3.8, 4) is 33.8 Å². The number of benzene rings is 4. The number of aliphatic hydroxyl groups excluding tert-OH is 6. The lowest BCUT2D eigenvalue weighted by molar-refractivity contribution is -0.277. The molecule has 2 fully saturated rings. The molecule has 4 aromatic carbocycles. The standard InChI is InChI=1S/C45H56N2O14/c48-25-38-37(50)15-16-40(60-38)58-35-11-7-31(8-12-35)33-5-2-6-34(24-33)44(54)47-18-20-56-22-21-55-19-17-46-28-57-27-29-3-1-4-32(23-29)30-9-13-36(14-10-30)59-45-43(53)42(52)41(51)39(26-49)61-45/h1-14,23-24,37-43,45-46,48-53H,15-22,25-28H2,(H,47,54)/t37-,38+,39+,40-,41+,42-,43-,45-/m0/s1. The van der Waals surface area contributed by atoms with Gasteiger partial charge in [0.2, 0.25) is 6.29 Å². The molecule has 0 radical (unpaired) electrons. The minimum Gasteiger partial charge on any atom is -0.465 e. The molecule has 16 nitrogen and oxygen atoms in total. The Bertz CT molecular complexity index is 1920. The van der Waals surface area contributed by atoms with Crippen molar-refractivity contribution < 1.29 is 68.6 Å². The average molecular weight is 849 g/mol. The smallest absolute Gasteiger partial charge is 0.251 e. The van der Waals surface area contributed by atoms with E-state index in [2.05, 4.69) is 10.6 Å². The van der Waals surface area contributed by atoms with Crippen molar-refractivity contribution in [2.45, 2.75) is 68.7 Å². The van der Waals surface area contributed by atoms with Crippen LogP contribution in [0.25, 0.3) is 22.3 Å². The summed E-state index contributed by atoms with van der Waals surface area (Å²) in [5.74, 6) is 0.793. The molecule has 4 aromatic rings. The lowest BCUT2D eigenvalue weighted by Gasteiger charge is -2.39. The quantitative estimate of drug-likeness (QED) is 0.0418. The maximum atomic E-state index is 12.8. The molecular formula is C45H56N2O14. The second-order valence-corrected chi connectivity index (χ2v) is 14.7. The van der Waals surface area contributed by atoms with Gasteiger partial charge in [0.05, 0.1) is 59.1 Å². The van der Waals surface area contributed by atoms with Gasteiger partial charge >= 0.3 is 0 Å². The van der Waals surface area contributed by atoms with E-state index < -0.39 is 55.8 Å². The number of hydrogen-bond acceptors (Lipinski definition) is 15. The molecule has 8 atom stereocenters. The molecule has 2 aliphatic rings. The summed E-state index contributed by atoms with van der Waals surface area (Å²) in [5.41, 5.74) is 5.21. The average Bonchev–Trinajstić information content (AvgIpc) is 3.29. The zero-order chi connectivity index (χ0) is 43.0. The summed E-state index contributed by atoms with van der Waals surface area (Å²) in [4.78, 5) is 12.8. The highest BCUT2D eigenvalue weighted by molar-refractivity contribution is 5.95. The Hall–Kier alpha value is -4.53. The number of aliphatic hydroxyl groups is 6. The number of carbonyl (C=O) groups is 1. The van der Waals surface area contributed by atoms with E-state index >= 15 is 0 Å². The molecule has 0 unspecified atom stereocenters. The molecule has 330 valence electrons. The number of amides is 1. The van der Waals surface area contributed by atoms with E-state index in [0.717, 1.165) is 27.8 Å². The van der Waals surface area contributed by atoms with Crippen LogP contribution >= 0.6 is 0 Å². The van der Waals surface area contributed by atoms with Gasteiger partial charge in [0, 0.05) is 25.1 Å². The van der Waals surface area contributed by atoms with E-state index in [1.165, 1.54) is 0 Å². The summed E-state index contributed by atoms with van der Waals surface area (Å²) in [6, 6.07) is 29.8. The summed E-state index contributed by atoms with van der Waals surface area (Å²) in [7, 11) is 0. The van der Waals surface area contributed by atoms with Crippen molar-refractivity contribution in [3.05, 3.63) is 108 Å². The Kier molecular flexibility index (Phi) is 17.8. The first-order valence-corrected chi connectivity index (χ1v) is 20.4. The Balaban J connectivity index is 0.792. The Morgan fingerprint density at radius 3 is 1.95 bits per heavy atom. The Morgan fingerprint density at radius 2 is 1.26 bits per heavy atom. The van der Waals surface area contributed by atoms with Crippen LogP contribution in [0.2, 0.25) is 0 Å². The maximum Gasteiger partial charge on any atom is 0.251 e. The fourth-order valence-corrected chi connectivity index (χ4v) is 6.80. The van der Waals surface area contributed by atoms with Crippen LogP contribution in [0.5, 0.6) is 11.5 Å². The Labute approximate surface area is 354 Å². The highest BCUT2D eigenvalue weighted by Crippen LogP contribution is 2.29. The van der Waals surface area contributed by atoms with Crippen molar-refractivity contribution in [3.63, 3.8) is 0 Å². The van der Waals surface area contributed by atoms with Gasteiger partial charge in [0.1, 0.15) is 42.0 Å². The summed E-state index contributed by atoms with van der Waals surface area (Å²) in [6.07, 6.45) is -7.65. The largest absolute Gasteiger partial charge is 0.465 e. The predicted molar refractivity (Wildman–Crippen MR) is 221 cm³/mol. The molecule has 2 saturated heterocycles. The zero-order valence-electron chi connectivity index (χ0n) is 33.8. The van der Waals surface area contributed by atoms with Crippen LogP contribution in [-0.4, -0.2) is 145 Å². The molecule has 8 N–H and O–H groups in total. The van der Waals surface area contributed by atoms with Crippen molar-refractivity contribution in [2.75, 3.05) is 59.5 Å². The molecule has 6 rings (SSSR count). The zero-order valence-corrected chi connectivity index (χ0v) is 33.8. The number of carbonyl (C=O) groups excluding carboxylic acids is 1. The van der Waals surface area contributed by atoms with Crippen LogP contribution in [0.4, 0.5) is 0 Å². The normalized spacial score (nSPS) is 24.0. The van der Waals surface area contributed by atoms with Gasteiger partial charge in [-0.1, -0.05) is 54.6 Å². The van der Waals surface area contributed by atoms with Gasteiger partial charge in [-0.05, 0) is 76.7 Å². The van der Waals surface area contributed by atoms with E-state index in [9.17, 15) is 35.4 Å². The second-order valence-electron chi connectivity index (χ2n) is 14.7. The number of hydrogen-bond donors (Lipinski definition) is 8. The first kappa shape index (κ1) is 46.0. The molecule has 2 heterocycles. The molecule has 2 aliphatic heterocycles. The topological polar surface area (TPSA) is 227 Å². The van der Waals surface area contributed by atoms with E-state index in [4.69, 9.17) is 33.2 Å². The third kappa shape index (κ3) is 13.5. The molecule has 0 saturated carbocycles. The van der Waals surface area contributed by atoms with Crippen LogP contribution in [0.15, 0.2) is 97.1 Å². The number of rotatable bonds is 22. The molecule has 0 aromatic heterocycles. The van der Waals surface area contributed by atoms with Crippen molar-refractivity contribution in [1.82, 2.24) is 10.6 Å². The molecule has 16 heteroatoms. The van der Waals surface area contributed by atoms with Crippen LogP contribution in [0.1, 0.15) is 28.8 Å². The van der Waals surface area contributed by atoms with Gasteiger partial charge in [0.25, 0.3) is 5.91 Å². The van der Waals surface area contributed by atoms with Crippen LogP contribution < -0.4 is 20.1 Å². The van der Waals surface area contributed by atoms with Crippen LogP contribution in [-0.2, 0) is 30.3 Å². The third-order valence-electron chi connectivity index (χ3n) is 10.2. The highest BCUT2D eigenvalue weighted by atomic mass is 16.7. The lowest BCUT2D eigenvalue weighted by Crippen LogP contribution is -2.60.